The molecule has 2 aromatic rings. The molecule has 1 saturated heterocycles. The van der Waals surface area contributed by atoms with Crippen molar-refractivity contribution < 1.29 is 14.4 Å². The van der Waals surface area contributed by atoms with Crippen molar-refractivity contribution in [3.63, 3.8) is 0 Å². The highest BCUT2D eigenvalue weighted by Crippen LogP contribution is 2.65. The Balaban J connectivity index is 1.34. The molecule has 5 nitrogen and oxygen atoms in total. The van der Waals surface area contributed by atoms with Gasteiger partial charge in [-0.05, 0) is 72.6 Å². The van der Waals surface area contributed by atoms with E-state index in [1.54, 1.807) is 36.4 Å². The minimum Gasteiger partial charge on any atom is -0.290 e. The van der Waals surface area contributed by atoms with Crippen molar-refractivity contribution in [2.75, 3.05) is 11.6 Å². The maximum atomic E-state index is 13.5. The fourth-order valence-electron chi connectivity index (χ4n) is 5.97. The Bertz CT molecular complexity index is 1190. The summed E-state index contributed by atoms with van der Waals surface area (Å²) in [6, 6.07) is 11.3. The van der Waals surface area contributed by atoms with Crippen molar-refractivity contribution in [3.05, 3.63) is 75.2 Å². The third-order valence-corrected chi connectivity index (χ3v) is 8.58. The lowest BCUT2D eigenvalue weighted by atomic mass is 9.63. The number of nitrogens with zero attached hydrogens (tertiary/aromatic N) is 2. The molecule has 3 amide bonds. The van der Waals surface area contributed by atoms with E-state index in [1.165, 1.54) is 15.9 Å². The van der Waals surface area contributed by atoms with E-state index >= 15 is 0 Å². The minimum absolute atomic E-state index is 0.126. The Morgan fingerprint density at radius 2 is 1.48 bits per heavy atom. The molecule has 0 spiro atoms. The molecule has 5 aliphatic rings. The van der Waals surface area contributed by atoms with Gasteiger partial charge in [0.15, 0.2) is 0 Å². The molecule has 1 aliphatic heterocycles. The van der Waals surface area contributed by atoms with Crippen LogP contribution in [-0.2, 0) is 9.59 Å². The summed E-state index contributed by atoms with van der Waals surface area (Å²) in [7, 11) is 0. The molecule has 0 radical (unpaired) electrons. The highest BCUT2D eigenvalue weighted by Gasteiger charge is 2.67. The Hall–Kier alpha value is -2.34. The van der Waals surface area contributed by atoms with Crippen LogP contribution in [0, 0.1) is 35.5 Å². The van der Waals surface area contributed by atoms with Gasteiger partial charge in [0.25, 0.3) is 5.91 Å². The number of benzene rings is 2. The van der Waals surface area contributed by atoms with Gasteiger partial charge in [-0.3, -0.25) is 24.2 Å². The van der Waals surface area contributed by atoms with Gasteiger partial charge >= 0.3 is 0 Å². The first kappa shape index (κ1) is 21.2. The summed E-state index contributed by atoms with van der Waals surface area (Å²) in [6.45, 7) is -0.167. The average molecular weight is 502 g/mol. The van der Waals surface area contributed by atoms with Crippen molar-refractivity contribution in [1.82, 2.24) is 4.90 Å². The molecular weight excluding hydrogens is 483 g/mol. The van der Waals surface area contributed by atoms with Crippen LogP contribution in [0.5, 0.6) is 0 Å². The van der Waals surface area contributed by atoms with Gasteiger partial charge in [0.1, 0.15) is 6.67 Å². The number of hydrogen-bond donors (Lipinski definition) is 0. The van der Waals surface area contributed by atoms with Crippen LogP contribution in [0.25, 0.3) is 0 Å². The number of halogens is 3. The Morgan fingerprint density at radius 1 is 0.879 bits per heavy atom. The lowest BCUT2D eigenvalue weighted by Crippen LogP contribution is -2.45. The zero-order valence-electron chi connectivity index (χ0n) is 17.3. The number of likely N-dealkylation sites (tertiary alicyclic amines) is 1. The smallest absolute Gasteiger partial charge is 0.259 e. The van der Waals surface area contributed by atoms with Crippen LogP contribution in [-0.4, -0.2) is 29.3 Å². The van der Waals surface area contributed by atoms with E-state index in [0.717, 1.165) is 6.42 Å². The van der Waals surface area contributed by atoms with Crippen molar-refractivity contribution in [1.29, 1.82) is 0 Å². The van der Waals surface area contributed by atoms with Gasteiger partial charge in [0, 0.05) is 16.3 Å². The van der Waals surface area contributed by atoms with Crippen LogP contribution in [0.2, 0.25) is 15.1 Å². The van der Waals surface area contributed by atoms with E-state index < -0.39 is 5.91 Å². The number of allylic oxidation sites excluding steroid dienone is 2. The van der Waals surface area contributed by atoms with E-state index in [1.807, 2.05) is 0 Å². The normalized spacial score (nSPS) is 30.9. The SMILES string of the molecule is O=C1[C@@H]2[C@@H]3C=C[C@H]([C@@H]4C[C@H]34)[C@@H]2C(=O)N1CN(C(=O)c1ccc(Cl)c(Cl)c1)c1ccc(Cl)cc1. The Morgan fingerprint density at radius 3 is 2.06 bits per heavy atom. The van der Waals surface area contributed by atoms with E-state index in [9.17, 15) is 14.4 Å². The number of anilines is 1. The summed E-state index contributed by atoms with van der Waals surface area (Å²) in [6.07, 6.45) is 5.36. The molecule has 0 aromatic heterocycles. The van der Waals surface area contributed by atoms with Gasteiger partial charge in [0.2, 0.25) is 11.8 Å². The number of carbonyl (C=O) groups excluding carboxylic acids is 3. The molecule has 168 valence electrons. The highest BCUT2D eigenvalue weighted by atomic mass is 35.5. The Kier molecular flexibility index (Phi) is 4.88. The molecule has 6 atom stereocenters. The van der Waals surface area contributed by atoms with Crippen LogP contribution < -0.4 is 4.90 Å². The van der Waals surface area contributed by atoms with Crippen molar-refractivity contribution in [3.8, 4) is 0 Å². The minimum atomic E-state index is -0.393. The second-order valence-electron chi connectivity index (χ2n) is 9.24. The van der Waals surface area contributed by atoms with Gasteiger partial charge in [-0.1, -0.05) is 47.0 Å². The van der Waals surface area contributed by atoms with Gasteiger partial charge < -0.3 is 0 Å². The van der Waals surface area contributed by atoms with Crippen molar-refractivity contribution in [2.45, 2.75) is 6.42 Å². The van der Waals surface area contributed by atoms with Crippen LogP contribution in [0.3, 0.4) is 0 Å². The zero-order chi connectivity index (χ0) is 23.0. The third kappa shape index (κ3) is 3.24. The molecule has 3 fully saturated rings. The van der Waals surface area contributed by atoms with Crippen molar-refractivity contribution in [2.24, 2.45) is 35.5 Å². The predicted octanol–water partition coefficient (Wildman–Crippen LogP) is 5.30. The summed E-state index contributed by atoms with van der Waals surface area (Å²) in [5.41, 5.74) is 0.828. The topological polar surface area (TPSA) is 57.7 Å². The summed E-state index contributed by atoms with van der Waals surface area (Å²) < 4.78 is 0. The molecule has 33 heavy (non-hydrogen) atoms. The van der Waals surface area contributed by atoms with Crippen LogP contribution in [0.4, 0.5) is 5.69 Å². The van der Waals surface area contributed by atoms with Crippen LogP contribution >= 0.6 is 34.8 Å². The molecule has 0 unspecified atom stereocenters. The van der Waals surface area contributed by atoms with Gasteiger partial charge in [-0.25, -0.2) is 0 Å². The quantitative estimate of drug-likeness (QED) is 0.422. The number of carbonyl (C=O) groups is 3. The largest absolute Gasteiger partial charge is 0.290 e. The number of amides is 3. The summed E-state index contributed by atoms with van der Waals surface area (Å²) in [5, 5.41) is 1.10. The van der Waals surface area contributed by atoms with Gasteiger partial charge in [-0.15, -0.1) is 0 Å². The van der Waals surface area contributed by atoms with E-state index in [-0.39, 0.29) is 47.2 Å². The molecule has 2 bridgehead atoms. The number of imide groups is 1. The fourth-order valence-corrected chi connectivity index (χ4v) is 6.39. The number of hydrogen-bond acceptors (Lipinski definition) is 3. The lowest BCUT2D eigenvalue weighted by molar-refractivity contribution is -0.140. The second kappa shape index (κ2) is 7.59. The van der Waals surface area contributed by atoms with Crippen molar-refractivity contribution >= 4 is 58.2 Å². The second-order valence-corrected chi connectivity index (χ2v) is 10.5. The third-order valence-electron chi connectivity index (χ3n) is 7.59. The molecule has 7 rings (SSSR count). The molecule has 0 N–H and O–H groups in total. The van der Waals surface area contributed by atoms with E-state index in [2.05, 4.69) is 12.2 Å². The molecular formula is C25H19Cl3N2O3. The van der Waals surface area contributed by atoms with Gasteiger partial charge in [-0.2, -0.15) is 0 Å². The molecule has 2 saturated carbocycles. The maximum absolute atomic E-state index is 13.5. The van der Waals surface area contributed by atoms with E-state index in [4.69, 9.17) is 34.8 Å². The molecule has 8 heteroatoms. The van der Waals surface area contributed by atoms with Crippen LogP contribution in [0.15, 0.2) is 54.6 Å². The van der Waals surface area contributed by atoms with E-state index in [0.29, 0.717) is 33.1 Å². The molecule has 2 aromatic carbocycles. The first-order valence-corrected chi connectivity index (χ1v) is 12.0. The molecule has 4 aliphatic carbocycles. The first-order chi connectivity index (χ1) is 15.8. The Labute approximate surface area is 205 Å². The predicted molar refractivity (Wildman–Crippen MR) is 126 cm³/mol. The first-order valence-electron chi connectivity index (χ1n) is 10.9. The standard InChI is InChI=1S/C25H19Cl3N2O3/c26-13-2-4-14(5-3-13)29(23(31)12-1-8-19(27)20(28)9-12)11-30-24(32)21-15-6-7-16(18-10-17(15)18)22(21)25(30)33/h1-9,15-18,21-22H,10-11H2/t15-,16-,17-,18+,21-,22+/m1/s1. The summed E-state index contributed by atoms with van der Waals surface area (Å²) >= 11 is 18.2. The summed E-state index contributed by atoms with van der Waals surface area (Å²) in [5.74, 6) is -0.109. The highest BCUT2D eigenvalue weighted by molar-refractivity contribution is 6.42. The number of rotatable bonds is 4. The lowest BCUT2D eigenvalue weighted by Gasteiger charge is -2.37. The molecule has 1 heterocycles. The average Bonchev–Trinajstić information content (AvgIpc) is 3.59. The van der Waals surface area contributed by atoms with Gasteiger partial charge in [0.05, 0.1) is 21.9 Å². The summed E-state index contributed by atoms with van der Waals surface area (Å²) in [4.78, 5) is 43.1. The maximum Gasteiger partial charge on any atom is 0.259 e. The van der Waals surface area contributed by atoms with Crippen LogP contribution in [0.1, 0.15) is 16.8 Å². The zero-order valence-corrected chi connectivity index (χ0v) is 19.6. The fraction of sp³-hybridized carbons (Fsp3) is 0.320. The monoisotopic (exact) mass is 500 g/mol.